The van der Waals surface area contributed by atoms with Crippen LogP contribution in [0.4, 0.5) is 8.78 Å². The topological polar surface area (TPSA) is 64.1 Å². The Morgan fingerprint density at radius 3 is 2.93 bits per heavy atom. The van der Waals surface area contributed by atoms with Crippen LogP contribution in [0.2, 0.25) is 0 Å². The Morgan fingerprint density at radius 1 is 1.36 bits per heavy atom. The van der Waals surface area contributed by atoms with Gasteiger partial charge < -0.3 is 24.8 Å². The quantitative estimate of drug-likeness (QED) is 0.205. The molecule has 1 aromatic carbocycles. The molecule has 1 saturated heterocycles. The highest BCUT2D eigenvalue weighted by Gasteiger charge is 2.14. The summed E-state index contributed by atoms with van der Waals surface area (Å²) in [7, 11) is 0. The Balaban J connectivity index is 0.00000392. The highest BCUT2D eigenvalue weighted by Crippen LogP contribution is 2.16. The Labute approximate surface area is 182 Å². The number of benzene rings is 1. The number of alkyl halides is 2. The third-order valence-electron chi connectivity index (χ3n) is 3.97. The molecular weight excluding hydrogens is 483 g/mol. The van der Waals surface area contributed by atoms with E-state index in [1.165, 1.54) is 6.07 Å². The van der Waals surface area contributed by atoms with Crippen molar-refractivity contribution in [2.75, 3.05) is 32.9 Å². The minimum atomic E-state index is -2.83. The van der Waals surface area contributed by atoms with Crippen LogP contribution in [0.5, 0.6) is 5.75 Å². The van der Waals surface area contributed by atoms with Gasteiger partial charge in [-0.15, -0.1) is 24.0 Å². The van der Waals surface area contributed by atoms with Gasteiger partial charge in [-0.05, 0) is 43.9 Å². The fourth-order valence-corrected chi connectivity index (χ4v) is 2.70. The van der Waals surface area contributed by atoms with Crippen molar-refractivity contribution in [2.24, 2.45) is 4.99 Å². The van der Waals surface area contributed by atoms with E-state index in [1.54, 1.807) is 12.1 Å². The van der Waals surface area contributed by atoms with Gasteiger partial charge in [0.15, 0.2) is 5.96 Å². The maximum atomic E-state index is 12.3. The Hall–Kier alpha value is -1.20. The molecule has 0 aromatic heterocycles. The maximum absolute atomic E-state index is 12.3. The summed E-state index contributed by atoms with van der Waals surface area (Å²) in [5.41, 5.74) is 0.797. The molecule has 1 aliphatic rings. The minimum absolute atomic E-state index is 0. The summed E-state index contributed by atoms with van der Waals surface area (Å²) in [4.78, 5) is 4.48. The van der Waals surface area contributed by atoms with E-state index in [4.69, 9.17) is 9.47 Å². The van der Waals surface area contributed by atoms with Gasteiger partial charge in [-0.3, -0.25) is 0 Å². The Morgan fingerprint density at radius 2 is 2.21 bits per heavy atom. The van der Waals surface area contributed by atoms with Gasteiger partial charge in [0.05, 0.1) is 19.3 Å². The van der Waals surface area contributed by atoms with Crippen LogP contribution in [-0.2, 0) is 16.0 Å². The molecule has 9 heteroatoms. The van der Waals surface area contributed by atoms with Gasteiger partial charge >= 0.3 is 6.61 Å². The van der Waals surface area contributed by atoms with Gasteiger partial charge in [0.2, 0.25) is 0 Å². The number of ether oxygens (including phenoxy) is 3. The van der Waals surface area contributed by atoms with Crippen LogP contribution in [0.1, 0.15) is 31.7 Å². The summed E-state index contributed by atoms with van der Waals surface area (Å²) in [6.45, 7) is 3.15. The number of guanidine groups is 1. The largest absolute Gasteiger partial charge is 0.435 e. The predicted octanol–water partition coefficient (Wildman–Crippen LogP) is 3.55. The highest BCUT2D eigenvalue weighted by molar-refractivity contribution is 14.0. The van der Waals surface area contributed by atoms with Crippen LogP contribution in [0.15, 0.2) is 29.3 Å². The maximum Gasteiger partial charge on any atom is 0.387 e. The normalized spacial score (nSPS) is 16.7. The first-order valence-corrected chi connectivity index (χ1v) is 9.42. The average molecular weight is 513 g/mol. The second-order valence-electron chi connectivity index (χ2n) is 6.21. The molecule has 28 heavy (non-hydrogen) atoms. The lowest BCUT2D eigenvalue weighted by Crippen LogP contribution is -2.38. The monoisotopic (exact) mass is 513 g/mol. The highest BCUT2D eigenvalue weighted by atomic mass is 127. The van der Waals surface area contributed by atoms with Gasteiger partial charge in [-0.2, -0.15) is 8.78 Å². The number of hydrogen-bond acceptors (Lipinski definition) is 4. The molecule has 1 atom stereocenters. The molecule has 1 aliphatic heterocycles. The fraction of sp³-hybridized carbons (Fsp3) is 0.632. The van der Waals surface area contributed by atoms with Crippen molar-refractivity contribution in [3.8, 4) is 5.75 Å². The summed E-state index contributed by atoms with van der Waals surface area (Å²) in [6, 6.07) is 6.57. The number of nitrogens with zero attached hydrogens (tertiary/aromatic N) is 1. The first-order valence-electron chi connectivity index (χ1n) is 9.42. The zero-order valence-corrected chi connectivity index (χ0v) is 18.5. The molecule has 1 aromatic rings. The number of nitrogens with one attached hydrogen (secondary N) is 2. The first-order chi connectivity index (χ1) is 13.2. The molecule has 0 bridgehead atoms. The lowest BCUT2D eigenvalue weighted by atomic mass is 10.2. The average Bonchev–Trinajstić information content (AvgIpc) is 3.15. The van der Waals surface area contributed by atoms with Crippen LogP contribution >= 0.6 is 24.0 Å². The standard InChI is InChI=1S/C19H29F2N3O3.HI/c1-2-22-19(23-9-5-10-25-14-17-8-4-11-26-17)24-13-15-6-3-7-16(12-15)27-18(20)21;/h3,6-7,12,17-18H,2,4-5,8-11,13-14H2,1H3,(H2,22,23,24);1H. The lowest BCUT2D eigenvalue weighted by Gasteiger charge is -2.13. The molecule has 0 spiro atoms. The smallest absolute Gasteiger partial charge is 0.387 e. The second kappa shape index (κ2) is 14.7. The number of hydrogen-bond donors (Lipinski definition) is 2. The van der Waals surface area contributed by atoms with Crippen LogP contribution in [0.25, 0.3) is 0 Å². The van der Waals surface area contributed by atoms with Gasteiger partial charge in [-0.25, -0.2) is 4.99 Å². The lowest BCUT2D eigenvalue weighted by molar-refractivity contribution is -0.0498. The van der Waals surface area contributed by atoms with E-state index in [1.807, 2.05) is 13.0 Å². The summed E-state index contributed by atoms with van der Waals surface area (Å²) in [6.07, 6.45) is 3.31. The van der Waals surface area contributed by atoms with E-state index in [0.29, 0.717) is 25.7 Å². The number of aliphatic imine (C=N–C) groups is 1. The molecule has 0 amide bonds. The molecule has 2 N–H and O–H groups in total. The van der Waals surface area contributed by atoms with Crippen molar-refractivity contribution in [1.29, 1.82) is 0 Å². The predicted molar refractivity (Wildman–Crippen MR) is 116 cm³/mol. The van der Waals surface area contributed by atoms with Crippen LogP contribution in [0, 0.1) is 0 Å². The fourth-order valence-electron chi connectivity index (χ4n) is 2.70. The van der Waals surface area contributed by atoms with Gasteiger partial charge in [0, 0.05) is 26.3 Å². The van der Waals surface area contributed by atoms with Crippen LogP contribution in [0.3, 0.4) is 0 Å². The van der Waals surface area contributed by atoms with Crippen molar-refractivity contribution >= 4 is 29.9 Å². The van der Waals surface area contributed by atoms with E-state index in [0.717, 1.165) is 44.5 Å². The molecule has 0 saturated carbocycles. The number of halogens is 3. The molecule has 2 rings (SSSR count). The van der Waals surface area contributed by atoms with Crippen molar-refractivity contribution in [3.63, 3.8) is 0 Å². The molecule has 1 heterocycles. The molecule has 6 nitrogen and oxygen atoms in total. The number of rotatable bonds is 11. The van der Waals surface area contributed by atoms with Gasteiger partial charge in [-0.1, -0.05) is 12.1 Å². The van der Waals surface area contributed by atoms with E-state index in [2.05, 4.69) is 20.4 Å². The van der Waals surface area contributed by atoms with E-state index in [-0.39, 0.29) is 35.8 Å². The van der Waals surface area contributed by atoms with Gasteiger partial charge in [0.25, 0.3) is 0 Å². The van der Waals surface area contributed by atoms with Crippen molar-refractivity contribution in [2.45, 2.75) is 45.4 Å². The third kappa shape index (κ3) is 10.4. The minimum Gasteiger partial charge on any atom is -0.435 e. The second-order valence-corrected chi connectivity index (χ2v) is 6.21. The molecular formula is C19H30F2IN3O3. The van der Waals surface area contributed by atoms with Crippen molar-refractivity contribution in [3.05, 3.63) is 29.8 Å². The van der Waals surface area contributed by atoms with Gasteiger partial charge in [0.1, 0.15) is 5.75 Å². The Kier molecular flexibility index (Phi) is 13.1. The molecule has 1 fully saturated rings. The van der Waals surface area contributed by atoms with E-state index >= 15 is 0 Å². The van der Waals surface area contributed by atoms with Crippen LogP contribution < -0.4 is 15.4 Å². The molecule has 0 radical (unpaired) electrons. The molecule has 160 valence electrons. The van der Waals surface area contributed by atoms with E-state index < -0.39 is 6.61 Å². The van der Waals surface area contributed by atoms with E-state index in [9.17, 15) is 8.78 Å². The Bertz CT molecular complexity index is 573. The molecule has 1 unspecified atom stereocenters. The third-order valence-corrected chi connectivity index (χ3v) is 3.97. The summed E-state index contributed by atoms with van der Waals surface area (Å²) in [5, 5.41) is 6.40. The van der Waals surface area contributed by atoms with Crippen molar-refractivity contribution in [1.82, 2.24) is 10.6 Å². The zero-order valence-electron chi connectivity index (χ0n) is 16.2. The SMILES string of the molecule is CCNC(=NCc1cccc(OC(F)F)c1)NCCCOCC1CCCO1.I. The summed E-state index contributed by atoms with van der Waals surface area (Å²) in [5.74, 6) is 0.816. The summed E-state index contributed by atoms with van der Waals surface area (Å²) < 4.78 is 40.1. The van der Waals surface area contributed by atoms with Crippen molar-refractivity contribution < 1.29 is 23.0 Å². The molecule has 0 aliphatic carbocycles. The summed E-state index contributed by atoms with van der Waals surface area (Å²) >= 11 is 0. The first kappa shape index (κ1) is 24.8. The van der Waals surface area contributed by atoms with Crippen LogP contribution in [-0.4, -0.2) is 51.6 Å². The zero-order chi connectivity index (χ0) is 19.3.